The van der Waals surface area contributed by atoms with Crippen molar-refractivity contribution in [2.75, 3.05) is 16.4 Å². The Labute approximate surface area is 294 Å². The van der Waals surface area contributed by atoms with E-state index in [1.54, 1.807) is 18.3 Å². The molecule has 0 unspecified atom stereocenters. The smallest absolute Gasteiger partial charge is 1.00 e. The Kier molecular flexibility index (Phi) is 14.0. The second-order valence-corrected chi connectivity index (χ2v) is 15.2. The maximum absolute atomic E-state index is 12.7. The largest absolute Gasteiger partial charge is 1.00 e. The van der Waals surface area contributed by atoms with Gasteiger partial charge in [0.1, 0.15) is 5.82 Å². The predicted molar refractivity (Wildman–Crippen MR) is 175 cm³/mol. The van der Waals surface area contributed by atoms with Crippen LogP contribution in [0.2, 0.25) is 0 Å². The van der Waals surface area contributed by atoms with Gasteiger partial charge < -0.3 is 17.4 Å². The molecule has 3 aromatic rings. The Morgan fingerprint density at radius 2 is 1.61 bits per heavy atom. The van der Waals surface area contributed by atoms with Crippen molar-refractivity contribution < 1.29 is 57.4 Å². The third-order valence-electron chi connectivity index (χ3n) is 7.17. The Bertz CT molecular complexity index is 1740. The van der Waals surface area contributed by atoms with E-state index in [9.17, 15) is 26.4 Å². The number of anilines is 4. The zero-order valence-electron chi connectivity index (χ0n) is 27.5. The number of amides is 2. The zero-order chi connectivity index (χ0) is 32.5. The monoisotopic (exact) mass is 680 g/mol. The molecule has 2 aromatic carbocycles. The van der Waals surface area contributed by atoms with E-state index >= 15 is 0 Å². The van der Waals surface area contributed by atoms with Crippen LogP contribution >= 0.6 is 0 Å². The molecule has 0 atom stereocenters. The normalized spacial score (nSPS) is 12.9. The summed E-state index contributed by atoms with van der Waals surface area (Å²) in [7, 11) is -7.02. The number of nitrogens with zero attached hydrogens (tertiary/aromatic N) is 2. The van der Waals surface area contributed by atoms with Crippen molar-refractivity contribution in [2.45, 2.75) is 81.9 Å². The van der Waals surface area contributed by atoms with Gasteiger partial charge in [0, 0.05) is 42.5 Å². The summed E-state index contributed by atoms with van der Waals surface area (Å²) in [6.07, 6.45) is 5.95. The summed E-state index contributed by atoms with van der Waals surface area (Å²) in [4.78, 5) is 33.1. The Hall–Kier alpha value is -3.04. The van der Waals surface area contributed by atoms with Crippen molar-refractivity contribution >= 4 is 54.8 Å². The standard InChI is InChI=1S/C31H40N6O6S2.Na.H/c1-3-4-13-29(39)37-45(42,43)27-12-8-11-25(19-27)35-31-33-20-22(2)30(36-31)34-24-10-7-9-23(18-24)21-32-28(38)14-5-6-17-44(40,41)26-15-16-26;;/h7-12,18-20,26H,3-6,13-17,21H2,1-2H3,(H,32,38)(H,37,39)(H2,33,34,35,36);;/q;+1;-1. The maximum atomic E-state index is 12.7. The van der Waals surface area contributed by atoms with Crippen molar-refractivity contribution in [2.24, 2.45) is 0 Å². The van der Waals surface area contributed by atoms with Crippen molar-refractivity contribution in [1.29, 1.82) is 0 Å². The van der Waals surface area contributed by atoms with E-state index in [0.717, 1.165) is 36.1 Å². The molecule has 1 saturated carbocycles. The van der Waals surface area contributed by atoms with Crippen LogP contribution in [0.3, 0.4) is 0 Å². The summed E-state index contributed by atoms with van der Waals surface area (Å²) in [5, 5.41) is 9.01. The van der Waals surface area contributed by atoms with Gasteiger partial charge in [-0.1, -0.05) is 31.5 Å². The Morgan fingerprint density at radius 1 is 0.913 bits per heavy atom. The number of hydrogen-bond acceptors (Lipinski definition) is 10. The number of sulfone groups is 1. The second-order valence-electron chi connectivity index (χ2n) is 11.1. The average molecular weight is 681 g/mol. The first-order valence-electron chi connectivity index (χ1n) is 15.1. The van der Waals surface area contributed by atoms with E-state index in [0.29, 0.717) is 37.3 Å². The molecule has 46 heavy (non-hydrogen) atoms. The number of carbonyl (C=O) groups is 2. The molecule has 0 radical (unpaired) electrons. The van der Waals surface area contributed by atoms with Gasteiger partial charge in [0.15, 0.2) is 9.84 Å². The first-order chi connectivity index (χ1) is 21.4. The Morgan fingerprint density at radius 3 is 2.33 bits per heavy atom. The molecule has 0 spiro atoms. The number of hydrogen-bond donors (Lipinski definition) is 4. The van der Waals surface area contributed by atoms with Crippen LogP contribution < -0.4 is 50.2 Å². The van der Waals surface area contributed by atoms with E-state index < -0.39 is 25.8 Å². The fourth-order valence-corrected chi connectivity index (χ4v) is 7.32. The number of nitrogens with one attached hydrogen (secondary N) is 4. The minimum Gasteiger partial charge on any atom is -1.00 e. The molecule has 1 aromatic heterocycles. The molecular weight excluding hydrogens is 640 g/mol. The summed E-state index contributed by atoms with van der Waals surface area (Å²) in [6, 6.07) is 13.5. The van der Waals surface area contributed by atoms with Crippen LogP contribution in [0.15, 0.2) is 59.6 Å². The zero-order valence-corrected chi connectivity index (χ0v) is 30.1. The number of rotatable bonds is 17. The second kappa shape index (κ2) is 17.2. The molecule has 4 rings (SSSR count). The summed E-state index contributed by atoms with van der Waals surface area (Å²) in [6.45, 7) is 4.09. The molecule has 1 heterocycles. The van der Waals surface area contributed by atoms with Gasteiger partial charge in [-0.2, -0.15) is 4.98 Å². The van der Waals surface area contributed by atoms with Crippen molar-refractivity contribution in [3.8, 4) is 0 Å². The number of carbonyl (C=O) groups excluding carboxylic acids is 2. The van der Waals surface area contributed by atoms with Gasteiger partial charge in [0.2, 0.25) is 17.8 Å². The summed E-state index contributed by atoms with van der Waals surface area (Å²) in [5.74, 6) is 0.231. The molecule has 4 N–H and O–H groups in total. The molecule has 0 bridgehead atoms. The molecule has 0 aliphatic heterocycles. The van der Waals surface area contributed by atoms with E-state index in [1.165, 1.54) is 12.1 Å². The fraction of sp³-hybridized carbons (Fsp3) is 0.419. The van der Waals surface area contributed by atoms with Crippen molar-refractivity contribution in [3.63, 3.8) is 0 Å². The van der Waals surface area contributed by atoms with Crippen molar-refractivity contribution in [3.05, 3.63) is 65.9 Å². The van der Waals surface area contributed by atoms with Gasteiger partial charge >= 0.3 is 29.6 Å². The number of sulfonamides is 1. The van der Waals surface area contributed by atoms with Crippen molar-refractivity contribution in [1.82, 2.24) is 20.0 Å². The quantitative estimate of drug-likeness (QED) is 0.121. The number of benzene rings is 2. The number of aromatic nitrogens is 2. The van der Waals surface area contributed by atoms with Crippen LogP contribution in [0.25, 0.3) is 0 Å². The predicted octanol–water partition coefficient (Wildman–Crippen LogP) is 1.75. The topological polar surface area (TPSA) is 176 Å². The molecule has 244 valence electrons. The summed E-state index contributed by atoms with van der Waals surface area (Å²) in [5.41, 5.74) is 2.81. The van der Waals surface area contributed by atoms with Crippen LogP contribution in [0.5, 0.6) is 0 Å². The first-order valence-corrected chi connectivity index (χ1v) is 18.3. The summed E-state index contributed by atoms with van der Waals surface area (Å²) < 4.78 is 51.5. The van der Waals surface area contributed by atoms with Gasteiger partial charge in [0.05, 0.1) is 15.9 Å². The summed E-state index contributed by atoms with van der Waals surface area (Å²) >= 11 is 0. The third-order valence-corrected chi connectivity index (χ3v) is 10.9. The van der Waals surface area contributed by atoms with Crippen LogP contribution in [-0.4, -0.2) is 49.6 Å². The van der Waals surface area contributed by atoms with Crippen LogP contribution in [0, 0.1) is 6.92 Å². The molecule has 12 nitrogen and oxygen atoms in total. The minimum atomic E-state index is -4.03. The fourth-order valence-electron chi connectivity index (χ4n) is 4.46. The minimum absolute atomic E-state index is 0. The van der Waals surface area contributed by atoms with Crippen LogP contribution in [-0.2, 0) is 36.0 Å². The third kappa shape index (κ3) is 11.6. The van der Waals surface area contributed by atoms with Gasteiger partial charge in [-0.05, 0) is 74.9 Å². The van der Waals surface area contributed by atoms with Gasteiger partial charge in [-0.15, -0.1) is 0 Å². The van der Waals surface area contributed by atoms with Gasteiger partial charge in [0.25, 0.3) is 10.0 Å². The average Bonchev–Trinajstić information content (AvgIpc) is 3.86. The van der Waals surface area contributed by atoms with Gasteiger partial charge in [-0.3, -0.25) is 9.59 Å². The molecule has 1 aliphatic carbocycles. The molecule has 15 heteroatoms. The Balaban J connectivity index is 0.00000384. The van der Waals surface area contributed by atoms with E-state index in [-0.39, 0.29) is 71.6 Å². The van der Waals surface area contributed by atoms with Crippen LogP contribution in [0.1, 0.15) is 70.8 Å². The van der Waals surface area contributed by atoms with E-state index in [2.05, 4.69) is 30.6 Å². The maximum Gasteiger partial charge on any atom is 1.00 e. The molecule has 0 saturated heterocycles. The molecule has 2 amide bonds. The molecule has 1 fully saturated rings. The molecular formula is C31H41N6NaO6S2. The number of unbranched alkanes of at least 4 members (excludes halogenated alkanes) is 2. The van der Waals surface area contributed by atoms with E-state index in [4.69, 9.17) is 0 Å². The number of aryl methyl sites for hydroxylation is 1. The first kappa shape index (κ1) is 37.4. The SMILES string of the molecule is CCCCC(=O)NS(=O)(=O)c1cccc(Nc2ncc(C)c(Nc3cccc(CNC(=O)CCCCS(=O)(=O)C4CC4)c3)n2)c1.[H-].[Na+]. The molecule has 1 aliphatic rings. The van der Waals surface area contributed by atoms with Gasteiger partial charge in [-0.25, -0.2) is 26.5 Å². The van der Waals surface area contributed by atoms with E-state index in [1.807, 2.05) is 38.1 Å². The van der Waals surface area contributed by atoms with Crippen LogP contribution in [0.4, 0.5) is 23.1 Å².